The summed E-state index contributed by atoms with van der Waals surface area (Å²) < 4.78 is 1.44. The van der Waals surface area contributed by atoms with Crippen molar-refractivity contribution >= 4 is 22.5 Å². The zero-order valence-electron chi connectivity index (χ0n) is 13.4. The first-order chi connectivity index (χ1) is 11.6. The van der Waals surface area contributed by atoms with Crippen molar-refractivity contribution in [3.05, 3.63) is 70.3 Å². The number of carbonyl (C=O) groups excluding carboxylic acids is 1. The molecule has 1 aromatic heterocycles. The van der Waals surface area contributed by atoms with Crippen molar-refractivity contribution in [3.8, 4) is 0 Å². The number of carbonyl (C=O) groups is 1. The lowest BCUT2D eigenvalue weighted by Gasteiger charge is -2.17. The van der Waals surface area contributed by atoms with E-state index in [2.05, 4.69) is 10.3 Å². The van der Waals surface area contributed by atoms with Crippen molar-refractivity contribution < 1.29 is 4.79 Å². The van der Waals surface area contributed by atoms with Crippen molar-refractivity contribution in [1.29, 1.82) is 0 Å². The van der Waals surface area contributed by atoms with Crippen LogP contribution in [0.15, 0.2) is 53.3 Å². The van der Waals surface area contributed by atoms with E-state index in [1.165, 1.54) is 4.57 Å². The average Bonchev–Trinajstić information content (AvgIpc) is 2.92. The van der Waals surface area contributed by atoms with Gasteiger partial charge in [0.2, 0.25) is 5.82 Å². The van der Waals surface area contributed by atoms with Crippen LogP contribution in [0.25, 0.3) is 10.9 Å². The highest BCUT2D eigenvalue weighted by Crippen LogP contribution is 2.24. The highest BCUT2D eigenvalue weighted by molar-refractivity contribution is 5.95. The van der Waals surface area contributed by atoms with Gasteiger partial charge in [0.1, 0.15) is 6.17 Å². The third-order valence-electron chi connectivity index (χ3n) is 4.26. The molecule has 1 N–H and O–H groups in total. The minimum absolute atomic E-state index is 0.153. The fraction of sp³-hybridized carbons (Fsp3) is 0.167. The topological polar surface area (TPSA) is 67.2 Å². The average molecular weight is 320 g/mol. The Hall–Kier alpha value is -3.15. The lowest BCUT2D eigenvalue weighted by molar-refractivity contribution is 0.0956. The van der Waals surface area contributed by atoms with Crippen LogP contribution in [0.1, 0.15) is 22.3 Å². The number of nitrogens with zero attached hydrogens (tertiary/aromatic N) is 3. The molecule has 0 unspecified atom stereocenters. The van der Waals surface area contributed by atoms with Crippen molar-refractivity contribution in [1.82, 2.24) is 14.9 Å². The minimum atomic E-state index is -0.534. The number of nitrogens with one attached hydrogen (secondary N) is 1. The molecule has 2 aromatic carbocycles. The number of rotatable bonds is 2. The molecule has 0 saturated carbocycles. The zero-order chi connectivity index (χ0) is 16.8. The molecule has 6 nitrogen and oxygen atoms in total. The van der Waals surface area contributed by atoms with Crippen molar-refractivity contribution in [2.24, 2.45) is 0 Å². The van der Waals surface area contributed by atoms with Crippen LogP contribution in [0.4, 0.5) is 5.69 Å². The van der Waals surface area contributed by atoms with E-state index in [4.69, 9.17) is 0 Å². The van der Waals surface area contributed by atoms with Crippen LogP contribution in [0, 0.1) is 0 Å². The molecule has 3 aromatic rings. The number of hydrogen-bond acceptors (Lipinski definition) is 4. The Kier molecular flexibility index (Phi) is 3.13. The van der Waals surface area contributed by atoms with Crippen LogP contribution in [-0.2, 0) is 0 Å². The Balaban J connectivity index is 1.89. The predicted molar refractivity (Wildman–Crippen MR) is 92.4 cm³/mol. The van der Waals surface area contributed by atoms with Crippen LogP contribution >= 0.6 is 0 Å². The molecule has 0 fully saturated rings. The van der Waals surface area contributed by atoms with Gasteiger partial charge >= 0.3 is 0 Å². The molecule has 0 spiro atoms. The van der Waals surface area contributed by atoms with Crippen molar-refractivity contribution in [3.63, 3.8) is 0 Å². The van der Waals surface area contributed by atoms with Gasteiger partial charge in [0, 0.05) is 19.8 Å². The summed E-state index contributed by atoms with van der Waals surface area (Å²) in [5, 5.41) is 3.35. The summed E-state index contributed by atoms with van der Waals surface area (Å²) in [6, 6.07) is 14.8. The van der Waals surface area contributed by atoms with E-state index in [1.54, 1.807) is 24.3 Å². The van der Waals surface area contributed by atoms with E-state index in [1.807, 2.05) is 43.3 Å². The molecule has 120 valence electrons. The molecule has 6 heteroatoms. The maximum atomic E-state index is 12.8. The molecule has 0 aliphatic carbocycles. The molecular weight excluding hydrogens is 304 g/mol. The summed E-state index contributed by atoms with van der Waals surface area (Å²) in [6.45, 7) is 0. The van der Waals surface area contributed by atoms with E-state index < -0.39 is 6.17 Å². The number of hydrogen-bond donors (Lipinski definition) is 1. The molecule has 1 amide bonds. The summed E-state index contributed by atoms with van der Waals surface area (Å²) >= 11 is 0. The summed E-state index contributed by atoms with van der Waals surface area (Å²) in [5.41, 5.74) is 2.21. The SMILES string of the molecule is CN(C)c1ccc([C@H]2NC(=O)c3nc4ccccc4c(=O)n32)cc1. The Labute approximate surface area is 138 Å². The van der Waals surface area contributed by atoms with Crippen LogP contribution < -0.4 is 15.8 Å². The van der Waals surface area contributed by atoms with E-state index in [9.17, 15) is 9.59 Å². The van der Waals surface area contributed by atoms with Gasteiger partial charge in [-0.1, -0.05) is 24.3 Å². The zero-order valence-corrected chi connectivity index (χ0v) is 13.4. The molecule has 0 bridgehead atoms. The maximum Gasteiger partial charge on any atom is 0.289 e. The Morgan fingerprint density at radius 1 is 1.04 bits per heavy atom. The van der Waals surface area contributed by atoms with Crippen LogP contribution in [0.3, 0.4) is 0 Å². The van der Waals surface area contributed by atoms with E-state index in [0.717, 1.165) is 11.3 Å². The van der Waals surface area contributed by atoms with Gasteiger partial charge in [-0.25, -0.2) is 4.98 Å². The minimum Gasteiger partial charge on any atom is -0.378 e. The second-order valence-corrected chi connectivity index (χ2v) is 5.99. The van der Waals surface area contributed by atoms with Gasteiger partial charge in [-0.05, 0) is 29.8 Å². The maximum absolute atomic E-state index is 12.8. The second kappa shape index (κ2) is 5.19. The monoisotopic (exact) mass is 320 g/mol. The van der Waals surface area contributed by atoms with E-state index >= 15 is 0 Å². The normalized spacial score (nSPS) is 16.1. The highest BCUT2D eigenvalue weighted by Gasteiger charge is 2.32. The third kappa shape index (κ3) is 2.07. The van der Waals surface area contributed by atoms with E-state index in [-0.39, 0.29) is 17.3 Å². The van der Waals surface area contributed by atoms with Gasteiger partial charge in [0.25, 0.3) is 11.5 Å². The first kappa shape index (κ1) is 14.4. The number of aromatic nitrogens is 2. The Morgan fingerprint density at radius 3 is 2.46 bits per heavy atom. The Bertz CT molecular complexity index is 1010. The van der Waals surface area contributed by atoms with Gasteiger partial charge in [0.15, 0.2) is 0 Å². The van der Waals surface area contributed by atoms with Gasteiger partial charge in [-0.3, -0.25) is 14.2 Å². The number of fused-ring (bicyclic) bond motifs is 2. The van der Waals surface area contributed by atoms with Crippen LogP contribution in [0.5, 0.6) is 0 Å². The fourth-order valence-corrected chi connectivity index (χ4v) is 2.99. The van der Waals surface area contributed by atoms with Crippen molar-refractivity contribution in [2.75, 3.05) is 19.0 Å². The largest absolute Gasteiger partial charge is 0.378 e. The van der Waals surface area contributed by atoms with Gasteiger partial charge < -0.3 is 10.2 Å². The molecule has 1 atom stereocenters. The predicted octanol–water partition coefficient (Wildman–Crippen LogP) is 1.75. The first-order valence-electron chi connectivity index (χ1n) is 7.65. The quantitative estimate of drug-likeness (QED) is 0.781. The highest BCUT2D eigenvalue weighted by atomic mass is 16.2. The van der Waals surface area contributed by atoms with Gasteiger partial charge in [0.05, 0.1) is 10.9 Å². The first-order valence-corrected chi connectivity index (χ1v) is 7.65. The standard InChI is InChI=1S/C18H16N4O2/c1-21(2)12-9-7-11(8-10-12)15-20-17(23)16-19-14-6-4-3-5-13(14)18(24)22(15)16/h3-10,15H,1-2H3,(H,20,23)/t15-/m0/s1. The Morgan fingerprint density at radius 2 is 1.75 bits per heavy atom. The summed E-state index contributed by atoms with van der Waals surface area (Å²) in [5.74, 6) is -0.181. The summed E-state index contributed by atoms with van der Waals surface area (Å²) in [6.07, 6.45) is -0.534. The molecular formula is C18H16N4O2. The van der Waals surface area contributed by atoms with Gasteiger partial charge in [-0.15, -0.1) is 0 Å². The lowest BCUT2D eigenvalue weighted by atomic mass is 10.1. The number of anilines is 1. The number of benzene rings is 2. The molecule has 0 radical (unpaired) electrons. The van der Waals surface area contributed by atoms with Crippen LogP contribution in [0.2, 0.25) is 0 Å². The molecule has 4 rings (SSSR count). The third-order valence-corrected chi connectivity index (χ3v) is 4.26. The lowest BCUT2D eigenvalue weighted by Crippen LogP contribution is -2.28. The van der Waals surface area contributed by atoms with Gasteiger partial charge in [-0.2, -0.15) is 0 Å². The number of para-hydroxylation sites is 1. The molecule has 0 saturated heterocycles. The van der Waals surface area contributed by atoms with Crippen molar-refractivity contribution in [2.45, 2.75) is 6.17 Å². The molecule has 24 heavy (non-hydrogen) atoms. The summed E-state index contributed by atoms with van der Waals surface area (Å²) in [4.78, 5) is 31.5. The smallest absolute Gasteiger partial charge is 0.289 e. The van der Waals surface area contributed by atoms with E-state index in [0.29, 0.717) is 10.9 Å². The second-order valence-electron chi connectivity index (χ2n) is 5.99. The van der Waals surface area contributed by atoms with Crippen LogP contribution in [-0.4, -0.2) is 29.6 Å². The molecule has 1 aliphatic heterocycles. The number of amides is 1. The summed E-state index contributed by atoms with van der Waals surface area (Å²) in [7, 11) is 3.92. The molecule has 1 aliphatic rings. The fourth-order valence-electron chi connectivity index (χ4n) is 2.99. The molecule has 2 heterocycles.